The number of carbonyl (C=O) groups is 2. The number of benzene rings is 1. The van der Waals surface area contributed by atoms with Gasteiger partial charge in [0.05, 0.1) is 5.56 Å². The van der Waals surface area contributed by atoms with Gasteiger partial charge in [-0.25, -0.2) is 4.79 Å². The Bertz CT molecular complexity index is 698. The standard InChI is InChI=1S/C23H36N4O3/c1-30-16-8-13-24-22(28)20-17-19(11-12-21(20)27-14-6-3-7-15-27)26-23(29)25-18-9-4-2-5-10-18/h11-12,17-18H,2-10,13-16H2,1H3,(H,24,28)(H2,25,26,29). The molecule has 1 aromatic carbocycles. The highest BCUT2D eigenvalue weighted by Crippen LogP contribution is 2.27. The first-order valence-corrected chi connectivity index (χ1v) is 11.4. The summed E-state index contributed by atoms with van der Waals surface area (Å²) in [5, 5.41) is 8.98. The van der Waals surface area contributed by atoms with Crippen LogP contribution in [0.25, 0.3) is 0 Å². The van der Waals surface area contributed by atoms with Crippen molar-refractivity contribution in [3.05, 3.63) is 23.8 Å². The number of nitrogens with one attached hydrogen (secondary N) is 3. The van der Waals surface area contributed by atoms with Gasteiger partial charge in [-0.3, -0.25) is 4.79 Å². The Morgan fingerprint density at radius 2 is 1.80 bits per heavy atom. The summed E-state index contributed by atoms with van der Waals surface area (Å²) in [7, 11) is 1.66. The zero-order valence-electron chi connectivity index (χ0n) is 18.2. The smallest absolute Gasteiger partial charge is 0.319 e. The third-order valence-electron chi connectivity index (χ3n) is 5.95. The highest BCUT2D eigenvalue weighted by Gasteiger charge is 2.20. The Hall–Kier alpha value is -2.28. The van der Waals surface area contributed by atoms with Crippen LogP contribution in [0.4, 0.5) is 16.2 Å². The van der Waals surface area contributed by atoms with Crippen LogP contribution in [0.1, 0.15) is 68.1 Å². The second kappa shape index (κ2) is 11.8. The Kier molecular flexibility index (Phi) is 8.81. The first-order chi connectivity index (χ1) is 14.7. The van der Waals surface area contributed by atoms with E-state index < -0.39 is 0 Å². The molecule has 0 bridgehead atoms. The van der Waals surface area contributed by atoms with Crippen molar-refractivity contribution in [3.8, 4) is 0 Å². The first kappa shape index (κ1) is 22.4. The number of nitrogens with zero attached hydrogens (tertiary/aromatic N) is 1. The summed E-state index contributed by atoms with van der Waals surface area (Å²) >= 11 is 0. The highest BCUT2D eigenvalue weighted by atomic mass is 16.5. The van der Waals surface area contributed by atoms with E-state index in [0.717, 1.165) is 50.9 Å². The second-order valence-electron chi connectivity index (χ2n) is 8.32. The molecular formula is C23H36N4O3. The topological polar surface area (TPSA) is 82.7 Å². The molecule has 2 aliphatic rings. The van der Waals surface area contributed by atoms with Gasteiger partial charge in [0.15, 0.2) is 0 Å². The Morgan fingerprint density at radius 1 is 1.07 bits per heavy atom. The van der Waals surface area contributed by atoms with E-state index >= 15 is 0 Å². The minimum Gasteiger partial charge on any atom is -0.385 e. The van der Waals surface area contributed by atoms with E-state index in [4.69, 9.17) is 4.74 Å². The summed E-state index contributed by atoms with van der Waals surface area (Å²) in [6.07, 6.45) is 9.94. The minimum atomic E-state index is -0.195. The van der Waals surface area contributed by atoms with Crippen LogP contribution in [0.15, 0.2) is 18.2 Å². The van der Waals surface area contributed by atoms with Crippen LogP contribution in [0.5, 0.6) is 0 Å². The van der Waals surface area contributed by atoms with E-state index in [0.29, 0.717) is 24.4 Å². The lowest BCUT2D eigenvalue weighted by molar-refractivity contribution is 0.0949. The van der Waals surface area contributed by atoms with E-state index in [1.54, 1.807) is 13.2 Å². The molecular weight excluding hydrogens is 380 g/mol. The molecule has 3 rings (SSSR count). The average Bonchev–Trinajstić information content (AvgIpc) is 2.78. The number of urea groups is 1. The van der Waals surface area contributed by atoms with Crippen molar-refractivity contribution < 1.29 is 14.3 Å². The van der Waals surface area contributed by atoms with Gasteiger partial charge in [-0.1, -0.05) is 19.3 Å². The van der Waals surface area contributed by atoms with Gasteiger partial charge in [0.2, 0.25) is 0 Å². The first-order valence-electron chi connectivity index (χ1n) is 11.4. The molecule has 0 atom stereocenters. The third kappa shape index (κ3) is 6.62. The number of anilines is 2. The molecule has 3 N–H and O–H groups in total. The van der Waals surface area contributed by atoms with E-state index in [1.165, 1.54) is 25.7 Å². The molecule has 7 heteroatoms. The van der Waals surface area contributed by atoms with E-state index in [2.05, 4.69) is 20.9 Å². The molecule has 0 radical (unpaired) electrons. The molecule has 2 fully saturated rings. The van der Waals surface area contributed by atoms with Crippen molar-refractivity contribution in [1.82, 2.24) is 10.6 Å². The summed E-state index contributed by atoms with van der Waals surface area (Å²) in [4.78, 5) is 27.6. The lowest BCUT2D eigenvalue weighted by Crippen LogP contribution is -2.39. The monoisotopic (exact) mass is 416 g/mol. The quantitative estimate of drug-likeness (QED) is 0.562. The molecule has 1 saturated heterocycles. The number of carbonyl (C=O) groups excluding carboxylic acids is 2. The van der Waals surface area contributed by atoms with Crippen LogP contribution in [0, 0.1) is 0 Å². The van der Waals surface area contributed by atoms with E-state index in [9.17, 15) is 9.59 Å². The predicted octanol–water partition coefficient (Wildman–Crippen LogP) is 3.90. The molecule has 0 aromatic heterocycles. The Morgan fingerprint density at radius 3 is 2.53 bits per heavy atom. The van der Waals surface area contributed by atoms with E-state index in [1.807, 2.05) is 12.1 Å². The lowest BCUT2D eigenvalue weighted by atomic mass is 9.96. The van der Waals surface area contributed by atoms with Gasteiger partial charge < -0.3 is 25.6 Å². The fourth-order valence-corrected chi connectivity index (χ4v) is 4.32. The van der Waals surface area contributed by atoms with Crippen LogP contribution < -0.4 is 20.9 Å². The summed E-state index contributed by atoms with van der Waals surface area (Å²) < 4.78 is 5.06. The lowest BCUT2D eigenvalue weighted by Gasteiger charge is -2.30. The number of ether oxygens (including phenoxy) is 1. The molecule has 0 spiro atoms. The Balaban J connectivity index is 1.69. The molecule has 166 valence electrons. The largest absolute Gasteiger partial charge is 0.385 e. The summed E-state index contributed by atoms with van der Waals surface area (Å²) in [5.41, 5.74) is 2.20. The normalized spacial score (nSPS) is 17.4. The van der Waals surface area contributed by atoms with Crippen LogP contribution in [-0.4, -0.2) is 51.3 Å². The molecule has 30 heavy (non-hydrogen) atoms. The zero-order chi connectivity index (χ0) is 21.2. The van der Waals surface area contributed by atoms with Crippen molar-refractivity contribution in [2.24, 2.45) is 0 Å². The summed E-state index contributed by atoms with van der Waals surface area (Å²) in [6.45, 7) is 3.09. The predicted molar refractivity (Wildman–Crippen MR) is 120 cm³/mol. The number of piperidine rings is 1. The fourth-order valence-electron chi connectivity index (χ4n) is 4.32. The van der Waals surface area contributed by atoms with Crippen LogP contribution in [0.3, 0.4) is 0 Å². The zero-order valence-corrected chi connectivity index (χ0v) is 18.2. The van der Waals surface area contributed by atoms with Crippen molar-refractivity contribution in [2.45, 2.75) is 63.8 Å². The second-order valence-corrected chi connectivity index (χ2v) is 8.32. The number of hydrogen-bond acceptors (Lipinski definition) is 4. The maximum absolute atomic E-state index is 12.9. The summed E-state index contributed by atoms with van der Waals surface area (Å²) in [6, 6.07) is 5.71. The number of rotatable bonds is 8. The van der Waals surface area contributed by atoms with Gasteiger partial charge >= 0.3 is 6.03 Å². The van der Waals surface area contributed by atoms with Crippen molar-refractivity contribution in [2.75, 3.05) is 43.6 Å². The molecule has 7 nitrogen and oxygen atoms in total. The van der Waals surface area contributed by atoms with Crippen molar-refractivity contribution in [3.63, 3.8) is 0 Å². The molecule has 1 aromatic rings. The average molecular weight is 417 g/mol. The van der Waals surface area contributed by atoms with Gasteiger partial charge in [0.25, 0.3) is 5.91 Å². The van der Waals surface area contributed by atoms with Crippen LogP contribution >= 0.6 is 0 Å². The SMILES string of the molecule is COCCCNC(=O)c1cc(NC(=O)NC2CCCCC2)ccc1N1CCCCC1. The molecule has 3 amide bonds. The number of hydrogen-bond donors (Lipinski definition) is 3. The minimum absolute atomic E-state index is 0.108. The van der Waals surface area contributed by atoms with Gasteiger partial charge in [-0.2, -0.15) is 0 Å². The van der Waals surface area contributed by atoms with Gasteiger partial charge in [-0.05, 0) is 56.7 Å². The van der Waals surface area contributed by atoms with E-state index in [-0.39, 0.29) is 18.0 Å². The maximum atomic E-state index is 12.9. The van der Waals surface area contributed by atoms with Crippen LogP contribution in [-0.2, 0) is 4.74 Å². The molecule has 0 unspecified atom stereocenters. The fraction of sp³-hybridized carbons (Fsp3) is 0.652. The molecule has 1 aliphatic carbocycles. The third-order valence-corrected chi connectivity index (χ3v) is 5.95. The van der Waals surface area contributed by atoms with Gasteiger partial charge in [0.1, 0.15) is 0 Å². The maximum Gasteiger partial charge on any atom is 0.319 e. The number of methoxy groups -OCH3 is 1. The van der Waals surface area contributed by atoms with Gasteiger partial charge in [0, 0.05) is 50.8 Å². The van der Waals surface area contributed by atoms with Gasteiger partial charge in [-0.15, -0.1) is 0 Å². The van der Waals surface area contributed by atoms with Crippen molar-refractivity contribution in [1.29, 1.82) is 0 Å². The molecule has 1 aliphatic heterocycles. The Labute approximate surface area is 179 Å². The highest BCUT2D eigenvalue weighted by molar-refractivity contribution is 6.02. The van der Waals surface area contributed by atoms with Crippen molar-refractivity contribution >= 4 is 23.3 Å². The summed E-state index contributed by atoms with van der Waals surface area (Å²) in [5.74, 6) is -0.108. The number of amides is 3. The van der Waals surface area contributed by atoms with Crippen LogP contribution in [0.2, 0.25) is 0 Å². The molecule has 1 saturated carbocycles. The molecule has 1 heterocycles.